The van der Waals surface area contributed by atoms with Gasteiger partial charge in [0.15, 0.2) is 6.10 Å². The second-order valence-corrected chi connectivity index (χ2v) is 21.0. The van der Waals surface area contributed by atoms with Crippen LogP contribution >= 0.6 is 0 Å². The lowest BCUT2D eigenvalue weighted by atomic mass is 10.0. The quantitative estimate of drug-likeness (QED) is 0.0344. The minimum Gasteiger partial charge on any atom is -0.462 e. The van der Waals surface area contributed by atoms with E-state index in [1.54, 1.807) is 0 Å². The third kappa shape index (κ3) is 51.3. The van der Waals surface area contributed by atoms with Gasteiger partial charge in [-0.15, -0.1) is 0 Å². The van der Waals surface area contributed by atoms with Gasteiger partial charge in [-0.1, -0.05) is 273 Å². The van der Waals surface area contributed by atoms with Crippen molar-refractivity contribution in [3.05, 3.63) is 0 Å². The topological polar surface area (TPSA) is 78.9 Å². The molecule has 0 fully saturated rings. The molecule has 0 saturated carbocycles. The lowest BCUT2D eigenvalue weighted by molar-refractivity contribution is -0.167. The van der Waals surface area contributed by atoms with Crippen LogP contribution in [0.2, 0.25) is 0 Å². The van der Waals surface area contributed by atoms with E-state index in [-0.39, 0.29) is 31.1 Å². The Bertz CT molecular complexity index is 976. The Kier molecular flexibility index (Phi) is 47.1. The average Bonchev–Trinajstić information content (AvgIpc) is 3.24. The molecule has 0 unspecified atom stereocenters. The Labute approximate surface area is 393 Å². The highest BCUT2D eigenvalue weighted by Gasteiger charge is 2.19. The summed E-state index contributed by atoms with van der Waals surface area (Å²) in [5.41, 5.74) is 0. The summed E-state index contributed by atoms with van der Waals surface area (Å²) < 4.78 is 16.9. The van der Waals surface area contributed by atoms with Gasteiger partial charge < -0.3 is 14.2 Å². The molecule has 0 aromatic heterocycles. The van der Waals surface area contributed by atoms with Crippen molar-refractivity contribution in [2.45, 2.75) is 317 Å². The fraction of sp³-hybridized carbons (Fsp3) is 0.947. The summed E-state index contributed by atoms with van der Waals surface area (Å²) in [4.78, 5) is 38.1. The molecule has 0 heterocycles. The monoisotopic (exact) mass is 891 g/mol. The number of unbranched alkanes of at least 4 members (excludes halogenated alkanes) is 33. The van der Waals surface area contributed by atoms with Crippen LogP contribution in [0.25, 0.3) is 0 Å². The number of carbonyl (C=O) groups excluding carboxylic acids is 3. The highest BCUT2D eigenvalue weighted by molar-refractivity contribution is 5.71. The zero-order valence-electron chi connectivity index (χ0n) is 43.4. The molecule has 0 aromatic rings. The molecule has 1 atom stereocenters. The number of ether oxygens (including phenoxy) is 3. The van der Waals surface area contributed by atoms with E-state index < -0.39 is 6.10 Å². The number of hydrogen-bond donors (Lipinski definition) is 0. The molecule has 0 rings (SSSR count). The molecule has 6 nitrogen and oxygen atoms in total. The van der Waals surface area contributed by atoms with Crippen molar-refractivity contribution in [1.29, 1.82) is 0 Å². The van der Waals surface area contributed by atoms with Gasteiger partial charge in [0, 0.05) is 19.3 Å². The minimum atomic E-state index is -0.763. The maximum atomic E-state index is 12.8. The predicted molar refractivity (Wildman–Crippen MR) is 270 cm³/mol. The first-order valence-corrected chi connectivity index (χ1v) is 28.1. The molecule has 0 radical (unpaired) electrons. The van der Waals surface area contributed by atoms with Gasteiger partial charge in [-0.2, -0.15) is 0 Å². The van der Waals surface area contributed by atoms with Gasteiger partial charge in [0.25, 0.3) is 0 Å². The molecule has 0 N–H and O–H groups in total. The third-order valence-corrected chi connectivity index (χ3v) is 12.9. The Balaban J connectivity index is 4.27. The highest BCUT2D eigenvalue weighted by atomic mass is 16.6. The second kappa shape index (κ2) is 48.3. The molecule has 0 aliphatic carbocycles. The summed E-state index contributed by atoms with van der Waals surface area (Å²) in [6, 6.07) is 0. The number of esters is 3. The van der Waals surface area contributed by atoms with Crippen LogP contribution in [0.5, 0.6) is 0 Å². The van der Waals surface area contributed by atoms with Crippen LogP contribution in [0.15, 0.2) is 0 Å². The van der Waals surface area contributed by atoms with Crippen molar-refractivity contribution >= 4 is 17.9 Å². The first-order chi connectivity index (χ1) is 30.6. The predicted octanol–water partition coefficient (Wildman–Crippen LogP) is 18.3. The standard InChI is InChI=1S/C57H110O6/c1-51(2)43-37-31-25-19-15-11-9-7-8-10-12-18-22-30-36-42-48-57(60)63-54(50-62-56(59)47-41-35-29-24-23-27-33-39-45-53(5)6)49-61-55(58)46-40-34-28-21-17-14-13-16-20-26-32-38-44-52(3)4/h51-54H,7-50H2,1-6H3/t54-/m1/s1. The van der Waals surface area contributed by atoms with Gasteiger partial charge >= 0.3 is 17.9 Å². The smallest absolute Gasteiger partial charge is 0.306 e. The van der Waals surface area contributed by atoms with Crippen LogP contribution in [0.1, 0.15) is 311 Å². The van der Waals surface area contributed by atoms with Crippen LogP contribution in [0, 0.1) is 17.8 Å². The van der Waals surface area contributed by atoms with Gasteiger partial charge in [-0.05, 0) is 37.0 Å². The number of hydrogen-bond acceptors (Lipinski definition) is 6. The molecule has 0 aliphatic rings. The normalized spacial score (nSPS) is 12.1. The van der Waals surface area contributed by atoms with Gasteiger partial charge in [-0.25, -0.2) is 0 Å². The molecule has 0 aromatic carbocycles. The number of carbonyl (C=O) groups is 3. The Morgan fingerprint density at radius 1 is 0.270 bits per heavy atom. The molecule has 0 bridgehead atoms. The maximum Gasteiger partial charge on any atom is 0.306 e. The summed E-state index contributed by atoms with van der Waals surface area (Å²) in [5.74, 6) is 1.63. The first-order valence-electron chi connectivity index (χ1n) is 28.1. The van der Waals surface area contributed by atoms with E-state index in [9.17, 15) is 14.4 Å². The van der Waals surface area contributed by atoms with Crippen molar-refractivity contribution in [2.24, 2.45) is 17.8 Å². The zero-order chi connectivity index (χ0) is 46.3. The third-order valence-electron chi connectivity index (χ3n) is 12.9. The van der Waals surface area contributed by atoms with Gasteiger partial charge in [0.2, 0.25) is 0 Å². The summed E-state index contributed by atoms with van der Waals surface area (Å²) in [5, 5.41) is 0. The van der Waals surface area contributed by atoms with E-state index in [2.05, 4.69) is 41.5 Å². The molecule has 63 heavy (non-hydrogen) atoms. The fourth-order valence-electron chi connectivity index (χ4n) is 8.65. The van der Waals surface area contributed by atoms with Crippen molar-refractivity contribution in [1.82, 2.24) is 0 Å². The second-order valence-electron chi connectivity index (χ2n) is 21.0. The SMILES string of the molecule is CC(C)CCCCCCCCCCCCCCCCCCC(=O)O[C@H](COC(=O)CCCCCCCCCCCCCCC(C)C)COC(=O)CCCCCCCCCCC(C)C. The van der Waals surface area contributed by atoms with Crippen LogP contribution in [0.4, 0.5) is 0 Å². The molecule has 0 amide bonds. The van der Waals surface area contributed by atoms with E-state index in [1.165, 1.54) is 193 Å². The van der Waals surface area contributed by atoms with Crippen molar-refractivity contribution in [3.8, 4) is 0 Å². The van der Waals surface area contributed by atoms with Crippen molar-refractivity contribution < 1.29 is 28.6 Å². The molecule has 0 aliphatic heterocycles. The van der Waals surface area contributed by atoms with Crippen LogP contribution in [-0.4, -0.2) is 37.2 Å². The minimum absolute atomic E-state index is 0.0642. The van der Waals surface area contributed by atoms with Crippen molar-refractivity contribution in [3.63, 3.8) is 0 Å². The van der Waals surface area contributed by atoms with Crippen LogP contribution in [-0.2, 0) is 28.6 Å². The molecule has 0 saturated heterocycles. The Hall–Kier alpha value is -1.59. The van der Waals surface area contributed by atoms with E-state index in [0.717, 1.165) is 75.5 Å². The van der Waals surface area contributed by atoms with E-state index >= 15 is 0 Å². The van der Waals surface area contributed by atoms with E-state index in [1.807, 2.05) is 0 Å². The van der Waals surface area contributed by atoms with Gasteiger partial charge in [-0.3, -0.25) is 14.4 Å². The molecule has 6 heteroatoms. The van der Waals surface area contributed by atoms with Gasteiger partial charge in [0.1, 0.15) is 13.2 Å². The molecule has 374 valence electrons. The highest BCUT2D eigenvalue weighted by Crippen LogP contribution is 2.18. The zero-order valence-corrected chi connectivity index (χ0v) is 43.4. The van der Waals surface area contributed by atoms with E-state index in [4.69, 9.17) is 14.2 Å². The van der Waals surface area contributed by atoms with Gasteiger partial charge in [0.05, 0.1) is 0 Å². The van der Waals surface area contributed by atoms with Crippen LogP contribution < -0.4 is 0 Å². The largest absolute Gasteiger partial charge is 0.462 e. The van der Waals surface area contributed by atoms with E-state index in [0.29, 0.717) is 19.3 Å². The average molecular weight is 892 g/mol. The maximum absolute atomic E-state index is 12.8. The molecular weight excluding hydrogens is 781 g/mol. The number of rotatable bonds is 50. The molecular formula is C57H110O6. The summed E-state index contributed by atoms with van der Waals surface area (Å²) in [7, 11) is 0. The molecule has 0 spiro atoms. The lowest BCUT2D eigenvalue weighted by Crippen LogP contribution is -2.30. The van der Waals surface area contributed by atoms with Crippen molar-refractivity contribution in [2.75, 3.05) is 13.2 Å². The summed E-state index contributed by atoms with van der Waals surface area (Å²) in [6.45, 7) is 13.7. The lowest BCUT2D eigenvalue weighted by Gasteiger charge is -2.18. The van der Waals surface area contributed by atoms with Crippen LogP contribution in [0.3, 0.4) is 0 Å². The Morgan fingerprint density at radius 3 is 0.683 bits per heavy atom. The first kappa shape index (κ1) is 61.4. The Morgan fingerprint density at radius 2 is 0.460 bits per heavy atom. The summed E-state index contributed by atoms with van der Waals surface area (Å²) in [6.07, 6.45) is 49.6. The summed E-state index contributed by atoms with van der Waals surface area (Å²) >= 11 is 0. The fourth-order valence-corrected chi connectivity index (χ4v) is 8.65.